The van der Waals surface area contributed by atoms with Gasteiger partial charge in [0.2, 0.25) is 0 Å². The van der Waals surface area contributed by atoms with Crippen LogP contribution in [-0.2, 0) is 6.42 Å². The van der Waals surface area contributed by atoms with Crippen molar-refractivity contribution >= 4 is 0 Å². The molecule has 1 N–H and O–H groups in total. The van der Waals surface area contributed by atoms with Crippen LogP contribution in [0.2, 0.25) is 0 Å². The molecule has 1 aliphatic rings. The molecule has 0 saturated carbocycles. The molecular formula is C13H16FNO. The Morgan fingerprint density at radius 1 is 1.31 bits per heavy atom. The second-order valence-corrected chi connectivity index (χ2v) is 4.26. The third-order valence-electron chi connectivity index (χ3n) is 3.01. The fraction of sp³-hybridized carbons (Fsp3) is 0.385. The van der Waals surface area contributed by atoms with Gasteiger partial charge in [-0.2, -0.15) is 0 Å². The average Bonchev–Trinajstić information content (AvgIpc) is 2.26. The van der Waals surface area contributed by atoms with Crippen molar-refractivity contribution in [1.29, 1.82) is 0 Å². The third-order valence-corrected chi connectivity index (χ3v) is 3.01. The van der Waals surface area contributed by atoms with Crippen LogP contribution in [0.1, 0.15) is 25.3 Å². The molecule has 0 aromatic heterocycles. The minimum absolute atomic E-state index is 0.223. The first-order chi connectivity index (χ1) is 7.66. The highest BCUT2D eigenvalue weighted by Gasteiger charge is 2.15. The standard InChI is InChI=1S/C13H16FNO/c1-10-3-2-8-15(16)13(10)9-11-4-6-12(14)7-5-11/h4-7,16H,2-3,8-9H2,1H3. The molecular weight excluding hydrogens is 205 g/mol. The Kier molecular flexibility index (Phi) is 3.25. The molecule has 86 valence electrons. The summed E-state index contributed by atoms with van der Waals surface area (Å²) < 4.78 is 12.7. The minimum Gasteiger partial charge on any atom is -0.289 e. The maximum atomic E-state index is 12.7. The lowest BCUT2D eigenvalue weighted by atomic mass is 10.00. The van der Waals surface area contributed by atoms with Crippen LogP contribution in [0.15, 0.2) is 35.5 Å². The normalized spacial score (nSPS) is 16.8. The van der Waals surface area contributed by atoms with Crippen molar-refractivity contribution in [2.45, 2.75) is 26.2 Å². The first-order valence-corrected chi connectivity index (χ1v) is 5.56. The summed E-state index contributed by atoms with van der Waals surface area (Å²) in [6.07, 6.45) is 2.70. The third kappa shape index (κ3) is 2.42. The van der Waals surface area contributed by atoms with E-state index in [1.807, 2.05) is 6.92 Å². The molecule has 1 aromatic carbocycles. The molecule has 1 aliphatic heterocycles. The molecule has 0 spiro atoms. The average molecular weight is 221 g/mol. The van der Waals surface area contributed by atoms with Gasteiger partial charge in [0, 0.05) is 18.7 Å². The van der Waals surface area contributed by atoms with Gasteiger partial charge in [0.05, 0.1) is 0 Å². The Bertz CT molecular complexity index is 397. The minimum atomic E-state index is -0.223. The maximum absolute atomic E-state index is 12.7. The maximum Gasteiger partial charge on any atom is 0.123 e. The van der Waals surface area contributed by atoms with Crippen LogP contribution in [0, 0.1) is 5.82 Å². The van der Waals surface area contributed by atoms with Crippen LogP contribution in [-0.4, -0.2) is 16.8 Å². The first kappa shape index (κ1) is 11.1. The molecule has 0 aliphatic carbocycles. The van der Waals surface area contributed by atoms with Crippen molar-refractivity contribution in [3.63, 3.8) is 0 Å². The molecule has 0 unspecified atom stereocenters. The quantitative estimate of drug-likeness (QED) is 0.829. The van der Waals surface area contributed by atoms with Gasteiger partial charge in [0.15, 0.2) is 0 Å². The highest BCUT2D eigenvalue weighted by Crippen LogP contribution is 2.23. The zero-order valence-electron chi connectivity index (χ0n) is 9.41. The van der Waals surface area contributed by atoms with Gasteiger partial charge in [-0.3, -0.25) is 10.3 Å². The number of allylic oxidation sites excluding steroid dienone is 2. The molecule has 0 fully saturated rings. The van der Waals surface area contributed by atoms with Crippen LogP contribution in [0.5, 0.6) is 0 Å². The van der Waals surface area contributed by atoms with Gasteiger partial charge < -0.3 is 0 Å². The Labute approximate surface area is 95.0 Å². The number of rotatable bonds is 2. The smallest absolute Gasteiger partial charge is 0.123 e. The molecule has 0 radical (unpaired) electrons. The molecule has 1 heterocycles. The molecule has 1 aromatic rings. The van der Waals surface area contributed by atoms with Crippen LogP contribution >= 0.6 is 0 Å². The summed E-state index contributed by atoms with van der Waals surface area (Å²) in [5.74, 6) is -0.223. The van der Waals surface area contributed by atoms with Gasteiger partial charge >= 0.3 is 0 Å². The number of benzene rings is 1. The molecule has 0 saturated heterocycles. The lowest BCUT2D eigenvalue weighted by molar-refractivity contribution is -0.0643. The predicted molar refractivity (Wildman–Crippen MR) is 60.5 cm³/mol. The van der Waals surface area contributed by atoms with E-state index in [9.17, 15) is 9.60 Å². The fourth-order valence-electron chi connectivity index (χ4n) is 2.03. The number of hydrogen-bond acceptors (Lipinski definition) is 2. The van der Waals surface area contributed by atoms with E-state index < -0.39 is 0 Å². The summed E-state index contributed by atoms with van der Waals surface area (Å²) in [7, 11) is 0. The van der Waals surface area contributed by atoms with Crippen LogP contribution in [0.3, 0.4) is 0 Å². The Morgan fingerprint density at radius 2 is 2.00 bits per heavy atom. The molecule has 0 atom stereocenters. The number of halogens is 1. The Morgan fingerprint density at radius 3 is 2.62 bits per heavy atom. The Hall–Kier alpha value is -1.35. The van der Waals surface area contributed by atoms with E-state index in [0.717, 1.165) is 24.1 Å². The van der Waals surface area contributed by atoms with Gasteiger partial charge in [0.1, 0.15) is 5.82 Å². The summed E-state index contributed by atoms with van der Waals surface area (Å²) in [6, 6.07) is 6.43. The van der Waals surface area contributed by atoms with Gasteiger partial charge in [-0.15, -0.1) is 0 Å². The highest BCUT2D eigenvalue weighted by atomic mass is 19.1. The monoisotopic (exact) mass is 221 g/mol. The molecule has 0 amide bonds. The number of nitrogens with zero attached hydrogens (tertiary/aromatic N) is 1. The summed E-state index contributed by atoms with van der Waals surface area (Å²) in [4.78, 5) is 0. The lowest BCUT2D eigenvalue weighted by Gasteiger charge is -2.27. The predicted octanol–water partition coefficient (Wildman–Crippen LogP) is 3.13. The van der Waals surface area contributed by atoms with Crippen molar-refractivity contribution in [2.75, 3.05) is 6.54 Å². The fourth-order valence-corrected chi connectivity index (χ4v) is 2.03. The topological polar surface area (TPSA) is 23.5 Å². The van der Waals surface area contributed by atoms with Crippen LogP contribution in [0.25, 0.3) is 0 Å². The molecule has 3 heteroatoms. The summed E-state index contributed by atoms with van der Waals surface area (Å²) in [5.41, 5.74) is 3.20. The summed E-state index contributed by atoms with van der Waals surface area (Å²) >= 11 is 0. The van der Waals surface area contributed by atoms with E-state index in [1.165, 1.54) is 22.8 Å². The van der Waals surface area contributed by atoms with Crippen molar-refractivity contribution in [2.24, 2.45) is 0 Å². The molecule has 16 heavy (non-hydrogen) atoms. The summed E-state index contributed by atoms with van der Waals surface area (Å²) in [6.45, 7) is 2.73. The van der Waals surface area contributed by atoms with Gasteiger partial charge in [-0.1, -0.05) is 17.7 Å². The second kappa shape index (κ2) is 4.66. The van der Waals surface area contributed by atoms with Crippen molar-refractivity contribution in [3.8, 4) is 0 Å². The van der Waals surface area contributed by atoms with E-state index in [-0.39, 0.29) is 5.82 Å². The van der Waals surface area contributed by atoms with E-state index in [2.05, 4.69) is 0 Å². The lowest BCUT2D eigenvalue weighted by Crippen LogP contribution is -2.26. The van der Waals surface area contributed by atoms with Crippen molar-refractivity contribution in [1.82, 2.24) is 5.06 Å². The van der Waals surface area contributed by atoms with Crippen LogP contribution in [0.4, 0.5) is 4.39 Å². The van der Waals surface area contributed by atoms with Crippen LogP contribution < -0.4 is 0 Å². The van der Waals surface area contributed by atoms with Crippen molar-refractivity contribution in [3.05, 3.63) is 46.9 Å². The van der Waals surface area contributed by atoms with Gasteiger partial charge in [-0.05, 0) is 37.5 Å². The first-order valence-electron chi connectivity index (χ1n) is 5.56. The number of hydrogen-bond donors (Lipinski definition) is 1. The van der Waals surface area contributed by atoms with E-state index in [1.54, 1.807) is 12.1 Å². The molecule has 2 nitrogen and oxygen atoms in total. The zero-order chi connectivity index (χ0) is 11.5. The largest absolute Gasteiger partial charge is 0.289 e. The van der Waals surface area contributed by atoms with E-state index in [0.29, 0.717) is 13.0 Å². The van der Waals surface area contributed by atoms with Crippen molar-refractivity contribution < 1.29 is 9.60 Å². The summed E-state index contributed by atoms with van der Waals surface area (Å²) in [5, 5.41) is 11.1. The SMILES string of the molecule is CC1=C(Cc2ccc(F)cc2)N(O)CCC1. The molecule has 2 rings (SSSR count). The Balaban J connectivity index is 2.17. The van der Waals surface area contributed by atoms with E-state index >= 15 is 0 Å². The number of hydroxylamine groups is 2. The zero-order valence-corrected chi connectivity index (χ0v) is 9.41. The second-order valence-electron chi connectivity index (χ2n) is 4.26. The van der Waals surface area contributed by atoms with Gasteiger partial charge in [-0.25, -0.2) is 4.39 Å². The van der Waals surface area contributed by atoms with E-state index in [4.69, 9.17) is 0 Å². The van der Waals surface area contributed by atoms with Gasteiger partial charge in [0.25, 0.3) is 0 Å². The molecule has 0 bridgehead atoms. The highest BCUT2D eigenvalue weighted by molar-refractivity contribution is 5.25.